The van der Waals surface area contributed by atoms with Crippen LogP contribution in [0.1, 0.15) is 6.92 Å². The molecule has 0 radical (unpaired) electrons. The summed E-state index contributed by atoms with van der Waals surface area (Å²) >= 11 is 1.37. The molecule has 6 nitrogen and oxygen atoms in total. The first kappa shape index (κ1) is 12.7. The average molecular weight is 267 g/mol. The van der Waals surface area contributed by atoms with E-state index in [9.17, 15) is 10.1 Å². The van der Waals surface area contributed by atoms with E-state index in [0.29, 0.717) is 12.1 Å². The quantitative estimate of drug-likeness (QED) is 0.663. The average Bonchev–Trinajstić information content (AvgIpc) is 2.76. The van der Waals surface area contributed by atoms with Crippen molar-refractivity contribution in [3.8, 4) is 5.75 Å². The molecule has 1 heterocycles. The van der Waals surface area contributed by atoms with Gasteiger partial charge in [-0.1, -0.05) is 0 Å². The van der Waals surface area contributed by atoms with Crippen LogP contribution in [0.15, 0.2) is 17.6 Å². The molecular weight excluding hydrogens is 254 g/mol. The molecule has 0 amide bonds. The zero-order chi connectivity index (χ0) is 13.1. The summed E-state index contributed by atoms with van der Waals surface area (Å²) in [5, 5.41) is 14.1. The molecule has 0 bridgehead atoms. The van der Waals surface area contributed by atoms with Crippen molar-refractivity contribution in [3.63, 3.8) is 0 Å². The van der Waals surface area contributed by atoms with Gasteiger partial charge in [-0.05, 0) is 26.1 Å². The number of rotatable bonds is 5. The molecule has 0 aliphatic rings. The van der Waals surface area contributed by atoms with Crippen LogP contribution in [0.2, 0.25) is 0 Å². The minimum absolute atomic E-state index is 0.0586. The Morgan fingerprint density at radius 2 is 2.39 bits per heavy atom. The fourth-order valence-electron chi connectivity index (χ4n) is 1.72. The summed E-state index contributed by atoms with van der Waals surface area (Å²) in [5.74, 6) is 0.265. The van der Waals surface area contributed by atoms with Crippen LogP contribution in [0.25, 0.3) is 10.2 Å². The fraction of sp³-hybridized carbons (Fsp3) is 0.364. The molecule has 2 rings (SSSR count). The largest absolute Gasteiger partial charge is 0.482 e. The van der Waals surface area contributed by atoms with E-state index in [4.69, 9.17) is 4.74 Å². The van der Waals surface area contributed by atoms with Crippen LogP contribution < -0.4 is 10.1 Å². The molecular formula is C11H13N3O3S. The Morgan fingerprint density at radius 1 is 1.61 bits per heavy atom. The number of nitro benzene ring substituents is 1. The SMILES string of the molecule is CNCC(C)Oc1ccc2scnc2c1[N+](=O)[O-]. The summed E-state index contributed by atoms with van der Waals surface area (Å²) in [6.45, 7) is 2.47. The van der Waals surface area contributed by atoms with Gasteiger partial charge in [0.2, 0.25) is 0 Å². The highest BCUT2D eigenvalue weighted by molar-refractivity contribution is 7.16. The standard InChI is InChI=1S/C11H13N3O3S/c1-7(5-12-2)17-8-3-4-9-10(13-6-18-9)11(8)14(15)16/h3-4,6-7,12H,5H2,1-2H3. The number of ether oxygens (including phenoxy) is 1. The predicted molar refractivity (Wildman–Crippen MR) is 70.3 cm³/mol. The van der Waals surface area contributed by atoms with Crippen LogP contribution in [-0.4, -0.2) is 29.6 Å². The van der Waals surface area contributed by atoms with Gasteiger partial charge in [-0.2, -0.15) is 0 Å². The lowest BCUT2D eigenvalue weighted by molar-refractivity contribution is -0.384. The molecule has 1 N–H and O–H groups in total. The van der Waals surface area contributed by atoms with E-state index in [0.717, 1.165) is 4.70 Å². The van der Waals surface area contributed by atoms with Crippen molar-refractivity contribution >= 4 is 27.2 Å². The normalized spacial score (nSPS) is 12.6. The summed E-state index contributed by atoms with van der Waals surface area (Å²) in [6.07, 6.45) is -0.148. The van der Waals surface area contributed by atoms with Crippen molar-refractivity contribution < 1.29 is 9.66 Å². The third-order valence-corrected chi connectivity index (χ3v) is 3.24. The van der Waals surface area contributed by atoms with Crippen LogP contribution in [0.5, 0.6) is 5.75 Å². The Morgan fingerprint density at radius 3 is 3.06 bits per heavy atom. The second-order valence-corrected chi connectivity index (χ2v) is 4.74. The van der Waals surface area contributed by atoms with Crippen LogP contribution in [0, 0.1) is 10.1 Å². The molecule has 0 fully saturated rings. The molecule has 0 aliphatic heterocycles. The molecule has 0 spiro atoms. The van der Waals surface area contributed by atoms with E-state index in [2.05, 4.69) is 10.3 Å². The summed E-state index contributed by atoms with van der Waals surface area (Å²) in [5.41, 5.74) is 1.93. The van der Waals surface area contributed by atoms with E-state index in [1.807, 2.05) is 6.92 Å². The highest BCUT2D eigenvalue weighted by Gasteiger charge is 2.23. The van der Waals surface area contributed by atoms with Crippen molar-refractivity contribution in [1.82, 2.24) is 10.3 Å². The van der Waals surface area contributed by atoms with Gasteiger partial charge < -0.3 is 10.1 Å². The van der Waals surface area contributed by atoms with E-state index in [-0.39, 0.29) is 17.5 Å². The highest BCUT2D eigenvalue weighted by Crippen LogP contribution is 2.36. The summed E-state index contributed by atoms with van der Waals surface area (Å²) in [7, 11) is 1.80. The molecule has 1 aromatic heterocycles. The van der Waals surface area contributed by atoms with Gasteiger partial charge >= 0.3 is 5.69 Å². The van der Waals surface area contributed by atoms with Crippen molar-refractivity contribution in [2.75, 3.05) is 13.6 Å². The van der Waals surface area contributed by atoms with Crippen molar-refractivity contribution in [1.29, 1.82) is 0 Å². The molecule has 0 aliphatic carbocycles. The molecule has 18 heavy (non-hydrogen) atoms. The first-order valence-electron chi connectivity index (χ1n) is 5.45. The minimum Gasteiger partial charge on any atom is -0.482 e. The number of fused-ring (bicyclic) bond motifs is 1. The van der Waals surface area contributed by atoms with E-state index in [1.165, 1.54) is 11.3 Å². The topological polar surface area (TPSA) is 77.3 Å². The minimum atomic E-state index is -0.441. The number of nitrogens with zero attached hydrogens (tertiary/aromatic N) is 2. The Labute approximate surface area is 108 Å². The van der Waals surface area contributed by atoms with Gasteiger partial charge in [0.25, 0.3) is 0 Å². The van der Waals surface area contributed by atoms with E-state index >= 15 is 0 Å². The lowest BCUT2D eigenvalue weighted by Crippen LogP contribution is -2.26. The number of nitro groups is 1. The fourth-order valence-corrected chi connectivity index (χ4v) is 2.40. The number of hydrogen-bond acceptors (Lipinski definition) is 6. The summed E-state index contributed by atoms with van der Waals surface area (Å²) < 4.78 is 6.37. The Bertz CT molecular complexity index is 570. The van der Waals surface area contributed by atoms with E-state index in [1.54, 1.807) is 24.7 Å². The molecule has 0 saturated carbocycles. The maximum absolute atomic E-state index is 11.1. The number of hydrogen-bond donors (Lipinski definition) is 1. The van der Waals surface area contributed by atoms with Gasteiger partial charge in [0.1, 0.15) is 6.10 Å². The number of nitrogens with one attached hydrogen (secondary N) is 1. The lowest BCUT2D eigenvalue weighted by atomic mass is 10.2. The number of benzene rings is 1. The zero-order valence-electron chi connectivity index (χ0n) is 10.0. The van der Waals surface area contributed by atoms with Crippen LogP contribution in [0.4, 0.5) is 5.69 Å². The highest BCUT2D eigenvalue weighted by atomic mass is 32.1. The molecule has 1 aromatic carbocycles. The lowest BCUT2D eigenvalue weighted by Gasteiger charge is -2.14. The number of likely N-dealkylation sites (N-methyl/N-ethyl adjacent to an activating group) is 1. The molecule has 1 atom stereocenters. The van der Waals surface area contributed by atoms with Crippen LogP contribution in [-0.2, 0) is 0 Å². The first-order chi connectivity index (χ1) is 8.63. The van der Waals surface area contributed by atoms with Gasteiger partial charge in [0.05, 0.1) is 15.1 Å². The maximum atomic E-state index is 11.1. The smallest absolute Gasteiger partial charge is 0.337 e. The third kappa shape index (κ3) is 2.41. The van der Waals surface area contributed by atoms with Gasteiger partial charge in [-0.15, -0.1) is 11.3 Å². The zero-order valence-corrected chi connectivity index (χ0v) is 10.9. The van der Waals surface area contributed by atoms with Gasteiger partial charge in [-0.25, -0.2) is 4.98 Å². The van der Waals surface area contributed by atoms with Crippen LogP contribution in [0.3, 0.4) is 0 Å². The molecule has 0 saturated heterocycles. The molecule has 1 unspecified atom stereocenters. The number of aromatic nitrogens is 1. The van der Waals surface area contributed by atoms with Gasteiger partial charge in [0.15, 0.2) is 11.3 Å². The molecule has 2 aromatic rings. The Hall–Kier alpha value is -1.73. The van der Waals surface area contributed by atoms with Gasteiger partial charge in [-0.3, -0.25) is 10.1 Å². The third-order valence-electron chi connectivity index (χ3n) is 2.44. The monoisotopic (exact) mass is 267 g/mol. The Kier molecular flexibility index (Phi) is 3.73. The number of thiazole rings is 1. The molecule has 96 valence electrons. The maximum Gasteiger partial charge on any atom is 0.337 e. The van der Waals surface area contributed by atoms with Crippen molar-refractivity contribution in [2.24, 2.45) is 0 Å². The van der Waals surface area contributed by atoms with Gasteiger partial charge in [0, 0.05) is 6.54 Å². The Balaban J connectivity index is 2.43. The first-order valence-corrected chi connectivity index (χ1v) is 6.33. The predicted octanol–water partition coefficient (Wildman–Crippen LogP) is 2.19. The second kappa shape index (κ2) is 5.28. The van der Waals surface area contributed by atoms with E-state index < -0.39 is 4.92 Å². The van der Waals surface area contributed by atoms with Crippen molar-refractivity contribution in [3.05, 3.63) is 27.8 Å². The second-order valence-electron chi connectivity index (χ2n) is 3.85. The van der Waals surface area contributed by atoms with Crippen molar-refractivity contribution in [2.45, 2.75) is 13.0 Å². The summed E-state index contributed by atoms with van der Waals surface area (Å²) in [4.78, 5) is 14.7. The molecule has 7 heteroatoms. The van der Waals surface area contributed by atoms with Crippen LogP contribution >= 0.6 is 11.3 Å². The summed E-state index contributed by atoms with van der Waals surface area (Å²) in [6, 6.07) is 3.42.